The van der Waals surface area contributed by atoms with Crippen LogP contribution in [0.15, 0.2) is 27.0 Å². The third-order valence-corrected chi connectivity index (χ3v) is 2.82. The molecule has 0 aliphatic rings. The van der Waals surface area contributed by atoms with Gasteiger partial charge in [0.05, 0.1) is 11.6 Å². The van der Waals surface area contributed by atoms with Crippen molar-refractivity contribution >= 4 is 5.91 Å². The lowest BCUT2D eigenvalue weighted by molar-refractivity contribution is 0.0933. The second kappa shape index (κ2) is 4.72. The average Bonchev–Trinajstić information content (AvgIpc) is 2.84. The molecule has 0 aliphatic heterocycles. The Morgan fingerprint density at radius 1 is 1.17 bits per heavy atom. The summed E-state index contributed by atoms with van der Waals surface area (Å²) in [6.07, 6.45) is 0. The number of carbonyl (C=O) groups excluding carboxylic acids is 1. The number of hydrogen-bond donors (Lipinski definition) is 1. The fourth-order valence-corrected chi connectivity index (χ4v) is 1.89. The third-order valence-electron chi connectivity index (χ3n) is 2.82. The van der Waals surface area contributed by atoms with E-state index in [2.05, 4.69) is 5.32 Å². The molecule has 4 nitrogen and oxygen atoms in total. The van der Waals surface area contributed by atoms with E-state index in [9.17, 15) is 4.79 Å². The van der Waals surface area contributed by atoms with E-state index in [0.717, 1.165) is 17.3 Å². The lowest BCUT2D eigenvalue weighted by Crippen LogP contribution is -2.26. The topological polar surface area (TPSA) is 55.4 Å². The summed E-state index contributed by atoms with van der Waals surface area (Å²) in [5.41, 5.74) is 0.572. The molecular formula is C14H17NO3. The van der Waals surface area contributed by atoms with Gasteiger partial charge in [-0.1, -0.05) is 0 Å². The van der Waals surface area contributed by atoms with E-state index in [4.69, 9.17) is 8.83 Å². The first-order valence-electron chi connectivity index (χ1n) is 5.91. The van der Waals surface area contributed by atoms with Gasteiger partial charge in [-0.05, 0) is 45.9 Å². The molecule has 2 aromatic heterocycles. The monoisotopic (exact) mass is 247 g/mol. The number of aryl methyl sites for hydroxylation is 3. The Hall–Kier alpha value is -1.97. The summed E-state index contributed by atoms with van der Waals surface area (Å²) >= 11 is 0. The Labute approximate surface area is 106 Å². The summed E-state index contributed by atoms with van der Waals surface area (Å²) in [4.78, 5) is 12.1. The molecule has 0 saturated heterocycles. The summed E-state index contributed by atoms with van der Waals surface area (Å²) < 4.78 is 10.8. The molecule has 0 spiro atoms. The van der Waals surface area contributed by atoms with E-state index < -0.39 is 0 Å². The van der Waals surface area contributed by atoms with E-state index in [0.29, 0.717) is 11.3 Å². The molecule has 18 heavy (non-hydrogen) atoms. The van der Waals surface area contributed by atoms with Crippen LogP contribution >= 0.6 is 0 Å². The van der Waals surface area contributed by atoms with Gasteiger partial charge < -0.3 is 14.2 Å². The number of hydrogen-bond acceptors (Lipinski definition) is 3. The van der Waals surface area contributed by atoms with E-state index in [-0.39, 0.29) is 11.9 Å². The largest absolute Gasteiger partial charge is 0.466 e. The predicted molar refractivity (Wildman–Crippen MR) is 67.5 cm³/mol. The molecule has 0 saturated carbocycles. The Balaban J connectivity index is 2.10. The molecule has 2 rings (SSSR count). The second-order valence-electron chi connectivity index (χ2n) is 4.47. The standard InChI is InChI=1S/C14H17NO3/c1-8-5-6-13(18-8)10(3)15-14(16)12-7-9(2)17-11(12)4/h5-7,10H,1-4H3,(H,15,16)/t10-/m0/s1. The highest BCUT2D eigenvalue weighted by Gasteiger charge is 2.17. The molecule has 0 aliphatic carbocycles. The van der Waals surface area contributed by atoms with Crippen molar-refractivity contribution in [2.75, 3.05) is 0 Å². The highest BCUT2D eigenvalue weighted by molar-refractivity contribution is 5.95. The molecule has 0 bridgehead atoms. The molecule has 2 heterocycles. The van der Waals surface area contributed by atoms with Crippen LogP contribution in [-0.4, -0.2) is 5.91 Å². The molecule has 2 aromatic rings. The minimum Gasteiger partial charge on any atom is -0.466 e. The maximum atomic E-state index is 12.1. The van der Waals surface area contributed by atoms with Gasteiger partial charge in [-0.3, -0.25) is 4.79 Å². The van der Waals surface area contributed by atoms with Gasteiger partial charge in [0, 0.05) is 0 Å². The van der Waals surface area contributed by atoms with Gasteiger partial charge in [-0.2, -0.15) is 0 Å². The quantitative estimate of drug-likeness (QED) is 0.905. The summed E-state index contributed by atoms with van der Waals surface area (Å²) in [5.74, 6) is 2.80. The van der Waals surface area contributed by atoms with E-state index in [1.807, 2.05) is 32.9 Å². The van der Waals surface area contributed by atoms with Gasteiger partial charge in [0.25, 0.3) is 5.91 Å². The molecular weight excluding hydrogens is 230 g/mol. The van der Waals surface area contributed by atoms with Crippen LogP contribution in [-0.2, 0) is 0 Å². The lowest BCUT2D eigenvalue weighted by atomic mass is 10.2. The van der Waals surface area contributed by atoms with Gasteiger partial charge >= 0.3 is 0 Å². The van der Waals surface area contributed by atoms with E-state index in [1.54, 1.807) is 13.0 Å². The first-order chi connectivity index (χ1) is 8.47. The fraction of sp³-hybridized carbons (Fsp3) is 0.357. The number of rotatable bonds is 3. The molecule has 0 fully saturated rings. The van der Waals surface area contributed by atoms with E-state index in [1.165, 1.54) is 0 Å². The lowest BCUT2D eigenvalue weighted by Gasteiger charge is -2.10. The number of amides is 1. The summed E-state index contributed by atoms with van der Waals surface area (Å²) in [7, 11) is 0. The summed E-state index contributed by atoms with van der Waals surface area (Å²) in [5, 5.41) is 2.89. The Kier molecular flexibility index (Phi) is 3.28. The number of nitrogens with one attached hydrogen (secondary N) is 1. The van der Waals surface area contributed by atoms with Crippen molar-refractivity contribution in [3.05, 3.63) is 46.8 Å². The van der Waals surface area contributed by atoms with Crippen molar-refractivity contribution in [3.8, 4) is 0 Å². The maximum Gasteiger partial charge on any atom is 0.255 e. The van der Waals surface area contributed by atoms with Crippen LogP contribution in [0.5, 0.6) is 0 Å². The van der Waals surface area contributed by atoms with Crippen LogP contribution in [0, 0.1) is 20.8 Å². The fourth-order valence-electron chi connectivity index (χ4n) is 1.89. The zero-order valence-electron chi connectivity index (χ0n) is 11.0. The molecule has 1 amide bonds. The first-order valence-corrected chi connectivity index (χ1v) is 5.91. The Bertz CT molecular complexity index is 565. The zero-order valence-corrected chi connectivity index (χ0v) is 11.0. The highest BCUT2D eigenvalue weighted by atomic mass is 16.3. The van der Waals surface area contributed by atoms with Crippen LogP contribution in [0.1, 0.15) is 46.4 Å². The third kappa shape index (κ3) is 2.47. The minimum atomic E-state index is -0.166. The molecule has 0 unspecified atom stereocenters. The van der Waals surface area contributed by atoms with Crippen LogP contribution in [0.4, 0.5) is 0 Å². The number of carbonyl (C=O) groups is 1. The molecule has 1 atom stereocenters. The van der Waals surface area contributed by atoms with Crippen LogP contribution in [0.3, 0.4) is 0 Å². The van der Waals surface area contributed by atoms with E-state index >= 15 is 0 Å². The zero-order chi connectivity index (χ0) is 13.3. The van der Waals surface area contributed by atoms with Crippen LogP contribution in [0.25, 0.3) is 0 Å². The molecule has 0 radical (unpaired) electrons. The van der Waals surface area contributed by atoms with Gasteiger partial charge in [-0.15, -0.1) is 0 Å². The average molecular weight is 247 g/mol. The minimum absolute atomic E-state index is 0.147. The van der Waals surface area contributed by atoms with Gasteiger partial charge in [0.1, 0.15) is 23.0 Å². The van der Waals surface area contributed by atoms with Crippen molar-refractivity contribution < 1.29 is 13.6 Å². The van der Waals surface area contributed by atoms with Crippen LogP contribution in [0.2, 0.25) is 0 Å². The molecule has 1 N–H and O–H groups in total. The van der Waals surface area contributed by atoms with Gasteiger partial charge in [0.2, 0.25) is 0 Å². The summed E-state index contributed by atoms with van der Waals surface area (Å²) in [6.45, 7) is 7.37. The maximum absolute atomic E-state index is 12.1. The second-order valence-corrected chi connectivity index (χ2v) is 4.47. The molecule has 4 heteroatoms. The summed E-state index contributed by atoms with van der Waals surface area (Å²) in [6, 6.07) is 5.32. The molecule has 96 valence electrons. The Morgan fingerprint density at radius 3 is 2.39 bits per heavy atom. The normalized spacial score (nSPS) is 12.4. The van der Waals surface area contributed by atoms with Gasteiger partial charge in [-0.25, -0.2) is 0 Å². The van der Waals surface area contributed by atoms with Crippen molar-refractivity contribution in [2.24, 2.45) is 0 Å². The van der Waals surface area contributed by atoms with Crippen LogP contribution < -0.4 is 5.32 Å². The first kappa shape index (κ1) is 12.5. The Morgan fingerprint density at radius 2 is 1.89 bits per heavy atom. The van der Waals surface area contributed by atoms with Crippen molar-refractivity contribution in [3.63, 3.8) is 0 Å². The van der Waals surface area contributed by atoms with Crippen molar-refractivity contribution in [2.45, 2.75) is 33.7 Å². The molecule has 0 aromatic carbocycles. The van der Waals surface area contributed by atoms with Crippen molar-refractivity contribution in [1.29, 1.82) is 0 Å². The smallest absolute Gasteiger partial charge is 0.255 e. The van der Waals surface area contributed by atoms with Crippen molar-refractivity contribution in [1.82, 2.24) is 5.32 Å². The highest BCUT2D eigenvalue weighted by Crippen LogP contribution is 2.18. The SMILES string of the molecule is Cc1ccc([C@H](C)NC(=O)c2cc(C)oc2C)o1. The predicted octanol–water partition coefficient (Wildman–Crippen LogP) is 3.29. The van der Waals surface area contributed by atoms with Gasteiger partial charge in [0.15, 0.2) is 0 Å². The number of furan rings is 2.